The molecule has 3 N–H and O–H groups in total. The van der Waals surface area contributed by atoms with Crippen molar-refractivity contribution >= 4 is 38.9 Å². The van der Waals surface area contributed by atoms with E-state index in [1.54, 1.807) is 24.3 Å². The van der Waals surface area contributed by atoms with Crippen LogP contribution < -0.4 is 20.5 Å². The van der Waals surface area contributed by atoms with Crippen molar-refractivity contribution in [3.05, 3.63) is 60.2 Å². The van der Waals surface area contributed by atoms with E-state index in [9.17, 15) is 13.2 Å². The number of anilines is 1. The van der Waals surface area contributed by atoms with Crippen LogP contribution in [0.2, 0.25) is 0 Å². The Morgan fingerprint density at radius 1 is 0.964 bits per heavy atom. The van der Waals surface area contributed by atoms with E-state index in [4.69, 9.17) is 12.2 Å². The minimum Gasteiger partial charge on any atom is -0.357 e. The molecule has 9 heteroatoms. The fraction of sp³-hybridized carbons (Fsp3) is 0.263. The van der Waals surface area contributed by atoms with Crippen LogP contribution in [0.4, 0.5) is 5.69 Å². The van der Waals surface area contributed by atoms with Crippen molar-refractivity contribution in [2.75, 3.05) is 11.4 Å². The van der Waals surface area contributed by atoms with E-state index in [0.29, 0.717) is 11.3 Å². The maximum Gasteiger partial charge on any atom is 0.269 e. The number of para-hydroxylation sites is 1. The summed E-state index contributed by atoms with van der Waals surface area (Å²) in [6, 6.07) is 14.4. The van der Waals surface area contributed by atoms with Crippen LogP contribution in [0.25, 0.3) is 0 Å². The molecule has 0 aliphatic carbocycles. The van der Waals surface area contributed by atoms with Crippen molar-refractivity contribution in [1.82, 2.24) is 16.2 Å². The number of rotatable bonds is 4. The number of thiocarbonyl (C=S) groups is 1. The first-order chi connectivity index (χ1) is 13.0. The summed E-state index contributed by atoms with van der Waals surface area (Å²) in [5, 5.41) is 3.29. The molecule has 28 heavy (non-hydrogen) atoms. The van der Waals surface area contributed by atoms with Gasteiger partial charge in [-0.1, -0.05) is 18.2 Å². The SMILES string of the molecule is CN(c1ccccc1)S(=O)(=O)c1ccc(C(=O)NNC(=S)NC(C)(C)C)cc1. The molecule has 0 spiro atoms. The van der Waals surface area contributed by atoms with E-state index in [1.165, 1.54) is 35.6 Å². The van der Waals surface area contributed by atoms with Gasteiger partial charge in [-0.05, 0) is 69.4 Å². The predicted octanol–water partition coefficient (Wildman–Crippen LogP) is 2.42. The number of hydrogen-bond donors (Lipinski definition) is 3. The summed E-state index contributed by atoms with van der Waals surface area (Å²) in [7, 11) is -2.24. The molecular formula is C19H24N4O3S2. The number of nitrogens with one attached hydrogen (secondary N) is 3. The second-order valence-electron chi connectivity index (χ2n) is 7.12. The Balaban J connectivity index is 2.06. The van der Waals surface area contributed by atoms with Crippen LogP contribution in [0.15, 0.2) is 59.5 Å². The second kappa shape index (κ2) is 8.57. The van der Waals surface area contributed by atoms with Crippen molar-refractivity contribution in [2.24, 2.45) is 0 Å². The zero-order valence-corrected chi connectivity index (χ0v) is 17.8. The van der Waals surface area contributed by atoms with Gasteiger partial charge in [0, 0.05) is 18.2 Å². The molecule has 0 unspecified atom stereocenters. The molecule has 0 radical (unpaired) electrons. The summed E-state index contributed by atoms with van der Waals surface area (Å²) < 4.78 is 26.7. The van der Waals surface area contributed by atoms with Crippen molar-refractivity contribution in [3.8, 4) is 0 Å². The molecule has 0 fully saturated rings. The Morgan fingerprint density at radius 2 is 1.54 bits per heavy atom. The van der Waals surface area contributed by atoms with Crippen molar-refractivity contribution in [1.29, 1.82) is 0 Å². The lowest BCUT2D eigenvalue weighted by molar-refractivity contribution is 0.0943. The second-order valence-corrected chi connectivity index (χ2v) is 9.49. The topological polar surface area (TPSA) is 90.5 Å². The molecule has 0 heterocycles. The third kappa shape index (κ3) is 5.67. The van der Waals surface area contributed by atoms with Crippen molar-refractivity contribution in [2.45, 2.75) is 31.2 Å². The van der Waals surface area contributed by atoms with Gasteiger partial charge in [-0.2, -0.15) is 0 Å². The minimum atomic E-state index is -3.73. The predicted molar refractivity (Wildman–Crippen MR) is 115 cm³/mol. The van der Waals surface area contributed by atoms with Crippen molar-refractivity contribution in [3.63, 3.8) is 0 Å². The number of benzene rings is 2. The molecule has 2 aromatic carbocycles. The van der Waals surface area contributed by atoms with Gasteiger partial charge in [0.15, 0.2) is 5.11 Å². The normalized spacial score (nSPS) is 11.4. The molecule has 0 saturated carbocycles. The van der Waals surface area contributed by atoms with Crippen molar-refractivity contribution < 1.29 is 13.2 Å². The molecule has 0 aliphatic rings. The van der Waals surface area contributed by atoms with Gasteiger partial charge in [0.1, 0.15) is 0 Å². The van der Waals surface area contributed by atoms with E-state index in [2.05, 4.69) is 16.2 Å². The summed E-state index contributed by atoms with van der Waals surface area (Å²) in [6.45, 7) is 5.82. The van der Waals surface area contributed by atoms with E-state index < -0.39 is 15.9 Å². The number of carbonyl (C=O) groups is 1. The molecule has 2 rings (SSSR count). The van der Waals surface area contributed by atoms with E-state index >= 15 is 0 Å². The van der Waals surface area contributed by atoms with Gasteiger partial charge in [-0.3, -0.25) is 20.0 Å². The van der Waals surface area contributed by atoms with E-state index in [0.717, 1.165) is 0 Å². The minimum absolute atomic E-state index is 0.0910. The van der Waals surface area contributed by atoms with Crippen LogP contribution in [-0.2, 0) is 10.0 Å². The first kappa shape index (κ1) is 21.6. The lowest BCUT2D eigenvalue weighted by atomic mass is 10.1. The highest BCUT2D eigenvalue weighted by molar-refractivity contribution is 7.92. The van der Waals surface area contributed by atoms with Gasteiger partial charge in [-0.25, -0.2) is 8.42 Å². The molecule has 0 aliphatic heterocycles. The van der Waals surface area contributed by atoms with E-state index in [1.807, 2.05) is 26.8 Å². The fourth-order valence-corrected chi connectivity index (χ4v) is 3.82. The van der Waals surface area contributed by atoms with Crippen LogP contribution in [-0.4, -0.2) is 32.0 Å². The average molecular weight is 421 g/mol. The molecule has 0 saturated heterocycles. The average Bonchev–Trinajstić information content (AvgIpc) is 2.65. The third-order valence-corrected chi connectivity index (χ3v) is 5.68. The lowest BCUT2D eigenvalue weighted by Crippen LogP contribution is -2.52. The molecule has 0 bridgehead atoms. The van der Waals surface area contributed by atoms with Gasteiger partial charge in [-0.15, -0.1) is 0 Å². The van der Waals surface area contributed by atoms with Gasteiger partial charge >= 0.3 is 0 Å². The first-order valence-corrected chi connectivity index (χ1v) is 10.4. The first-order valence-electron chi connectivity index (χ1n) is 8.53. The third-order valence-electron chi connectivity index (χ3n) is 3.67. The summed E-state index contributed by atoms with van der Waals surface area (Å²) in [4.78, 5) is 12.3. The standard InChI is InChI=1S/C19H24N4O3S2/c1-19(2,3)20-18(27)22-21-17(24)14-10-12-16(13-11-14)28(25,26)23(4)15-8-6-5-7-9-15/h5-13H,1-4H3,(H,21,24)(H2,20,22,27). The maximum absolute atomic E-state index is 12.7. The van der Waals surface area contributed by atoms with Crippen LogP contribution in [0, 0.1) is 0 Å². The summed E-state index contributed by atoms with van der Waals surface area (Å²) >= 11 is 5.09. The highest BCUT2D eigenvalue weighted by Crippen LogP contribution is 2.21. The van der Waals surface area contributed by atoms with Gasteiger partial charge < -0.3 is 5.32 Å². The van der Waals surface area contributed by atoms with Crippen LogP contribution >= 0.6 is 12.2 Å². The number of carbonyl (C=O) groups excluding carboxylic acids is 1. The Kier molecular flexibility index (Phi) is 6.63. The Labute approximate surface area is 171 Å². The number of hydrogen-bond acceptors (Lipinski definition) is 4. The molecule has 2 aromatic rings. The highest BCUT2D eigenvalue weighted by Gasteiger charge is 2.21. The van der Waals surface area contributed by atoms with Gasteiger partial charge in [0.05, 0.1) is 10.6 Å². The monoisotopic (exact) mass is 420 g/mol. The summed E-state index contributed by atoms with van der Waals surface area (Å²) in [5.74, 6) is -0.432. The number of amides is 1. The molecule has 0 atom stereocenters. The Morgan fingerprint density at radius 3 is 2.07 bits per heavy atom. The summed E-state index contributed by atoms with van der Waals surface area (Å²) in [5.41, 5.74) is 5.70. The van der Waals surface area contributed by atoms with Crippen LogP contribution in [0.3, 0.4) is 0 Å². The number of hydrazine groups is 1. The van der Waals surface area contributed by atoms with Crippen LogP contribution in [0.1, 0.15) is 31.1 Å². The number of nitrogens with zero attached hydrogens (tertiary/aromatic N) is 1. The fourth-order valence-electron chi connectivity index (χ4n) is 2.27. The lowest BCUT2D eigenvalue weighted by Gasteiger charge is -2.23. The molecule has 7 nitrogen and oxygen atoms in total. The van der Waals surface area contributed by atoms with Gasteiger partial charge in [0.25, 0.3) is 15.9 Å². The Hall–Kier alpha value is -2.65. The Bertz CT molecular complexity index is 937. The van der Waals surface area contributed by atoms with Gasteiger partial charge in [0.2, 0.25) is 0 Å². The maximum atomic E-state index is 12.7. The van der Waals surface area contributed by atoms with Crippen LogP contribution in [0.5, 0.6) is 0 Å². The molecular weight excluding hydrogens is 396 g/mol. The molecule has 150 valence electrons. The molecule has 1 amide bonds. The number of sulfonamides is 1. The van der Waals surface area contributed by atoms with E-state index in [-0.39, 0.29) is 15.5 Å². The molecule has 0 aromatic heterocycles. The summed E-state index contributed by atoms with van der Waals surface area (Å²) in [6.07, 6.45) is 0. The smallest absolute Gasteiger partial charge is 0.269 e. The quantitative estimate of drug-likeness (QED) is 0.520. The zero-order chi connectivity index (χ0) is 20.9. The highest BCUT2D eigenvalue weighted by atomic mass is 32.2. The largest absolute Gasteiger partial charge is 0.357 e. The zero-order valence-electron chi connectivity index (χ0n) is 16.2.